The smallest absolute Gasteiger partial charge is 0.104 e. The molecule has 3 nitrogen and oxygen atoms in total. The summed E-state index contributed by atoms with van der Waals surface area (Å²) in [7, 11) is 0. The molecule has 14 heavy (non-hydrogen) atoms. The Morgan fingerprint density at radius 1 is 1.43 bits per heavy atom. The highest BCUT2D eigenvalue weighted by atomic mass is 15.2. The third kappa shape index (κ3) is 2.98. The molecule has 1 heterocycles. The predicted octanol–water partition coefficient (Wildman–Crippen LogP) is 2.44. The maximum Gasteiger partial charge on any atom is 0.104 e. The third-order valence-electron chi connectivity index (χ3n) is 2.43. The topological polar surface area (TPSA) is 39.5 Å². The average Bonchev–Trinajstić information content (AvgIpc) is 2.72. The van der Waals surface area contributed by atoms with Gasteiger partial charge in [-0.1, -0.05) is 6.92 Å². The van der Waals surface area contributed by atoms with Gasteiger partial charge in [0.1, 0.15) is 5.84 Å². The number of aliphatic imine (C=N–C) groups is 1. The molecule has 1 fully saturated rings. The average molecular weight is 193 g/mol. The molecule has 0 unspecified atom stereocenters. The van der Waals surface area contributed by atoms with E-state index in [1.807, 2.05) is 6.92 Å². The molecule has 1 rings (SSSR count). The fourth-order valence-corrected chi connectivity index (χ4v) is 1.59. The monoisotopic (exact) mass is 193 g/mol. The molecule has 0 aromatic carbocycles. The Bertz CT molecular complexity index is 247. The highest BCUT2D eigenvalue weighted by Crippen LogP contribution is 2.10. The first-order valence-electron chi connectivity index (χ1n) is 5.26. The largest absolute Gasteiger partial charge is 0.360 e. The highest BCUT2D eigenvalue weighted by molar-refractivity contribution is 5.83. The highest BCUT2D eigenvalue weighted by Gasteiger charge is 2.13. The summed E-state index contributed by atoms with van der Waals surface area (Å²) < 4.78 is 0. The van der Waals surface area contributed by atoms with E-state index in [0.717, 1.165) is 30.9 Å². The van der Waals surface area contributed by atoms with Crippen molar-refractivity contribution in [2.45, 2.75) is 33.1 Å². The quantitative estimate of drug-likeness (QED) is 0.542. The molecule has 0 bridgehead atoms. The SMILES string of the molecule is CC/C(=N\C=C(/C)C=N)N1CCCC1. The number of rotatable bonds is 3. The van der Waals surface area contributed by atoms with Gasteiger partial charge in [-0.05, 0) is 25.3 Å². The molecule has 1 aliphatic heterocycles. The normalized spacial score (nSPS) is 18.9. The molecule has 0 spiro atoms. The van der Waals surface area contributed by atoms with E-state index in [1.165, 1.54) is 19.1 Å². The molecule has 78 valence electrons. The van der Waals surface area contributed by atoms with Gasteiger partial charge < -0.3 is 10.3 Å². The first-order valence-corrected chi connectivity index (χ1v) is 5.26. The molecule has 1 N–H and O–H groups in total. The Kier molecular flexibility index (Phi) is 4.36. The van der Waals surface area contributed by atoms with E-state index in [-0.39, 0.29) is 0 Å². The van der Waals surface area contributed by atoms with Gasteiger partial charge in [-0.3, -0.25) is 0 Å². The van der Waals surface area contributed by atoms with Crippen molar-refractivity contribution in [3.05, 3.63) is 11.8 Å². The lowest BCUT2D eigenvalue weighted by Gasteiger charge is -2.18. The van der Waals surface area contributed by atoms with Crippen LogP contribution in [0.15, 0.2) is 16.8 Å². The van der Waals surface area contributed by atoms with Crippen LogP contribution in [0.3, 0.4) is 0 Å². The van der Waals surface area contributed by atoms with Crippen molar-refractivity contribution >= 4 is 12.1 Å². The fraction of sp³-hybridized carbons (Fsp3) is 0.636. The molecule has 0 radical (unpaired) electrons. The van der Waals surface area contributed by atoms with Gasteiger partial charge in [-0.25, -0.2) is 4.99 Å². The maximum atomic E-state index is 7.04. The molecule has 0 aromatic heterocycles. The first-order chi connectivity index (χ1) is 6.77. The van der Waals surface area contributed by atoms with Crippen molar-refractivity contribution in [1.29, 1.82) is 5.41 Å². The van der Waals surface area contributed by atoms with Crippen molar-refractivity contribution in [3.8, 4) is 0 Å². The van der Waals surface area contributed by atoms with Gasteiger partial charge in [0, 0.05) is 31.9 Å². The second kappa shape index (κ2) is 5.58. The van der Waals surface area contributed by atoms with Gasteiger partial charge in [0.05, 0.1) is 0 Å². The van der Waals surface area contributed by atoms with E-state index in [1.54, 1.807) is 6.20 Å². The molecular weight excluding hydrogens is 174 g/mol. The summed E-state index contributed by atoms with van der Waals surface area (Å²) in [6.45, 7) is 6.31. The van der Waals surface area contributed by atoms with Crippen LogP contribution in [0.4, 0.5) is 0 Å². The molecular formula is C11H19N3. The van der Waals surface area contributed by atoms with Crippen molar-refractivity contribution in [2.75, 3.05) is 13.1 Å². The van der Waals surface area contributed by atoms with E-state index >= 15 is 0 Å². The van der Waals surface area contributed by atoms with Crippen LogP contribution in [-0.2, 0) is 0 Å². The number of nitrogens with zero attached hydrogens (tertiary/aromatic N) is 2. The van der Waals surface area contributed by atoms with E-state index in [2.05, 4.69) is 16.8 Å². The summed E-state index contributed by atoms with van der Waals surface area (Å²) in [5.41, 5.74) is 0.898. The Hall–Kier alpha value is -1.12. The molecule has 0 atom stereocenters. The number of amidine groups is 1. The van der Waals surface area contributed by atoms with Crippen LogP contribution in [0.25, 0.3) is 0 Å². The van der Waals surface area contributed by atoms with Crippen LogP contribution in [0.1, 0.15) is 33.1 Å². The summed E-state index contributed by atoms with van der Waals surface area (Å²) in [4.78, 5) is 6.77. The standard InChI is InChI=1S/C11H19N3/c1-3-11(13-9-10(2)8-12)14-6-4-5-7-14/h8-9,12H,3-7H2,1-2H3/b10-9+,12-8?,13-11+. The fourth-order valence-electron chi connectivity index (χ4n) is 1.59. The number of nitrogens with one attached hydrogen (secondary N) is 1. The molecule has 3 heteroatoms. The van der Waals surface area contributed by atoms with E-state index in [9.17, 15) is 0 Å². The summed E-state index contributed by atoms with van der Waals surface area (Å²) in [6, 6.07) is 0. The Balaban J connectivity index is 2.64. The van der Waals surface area contributed by atoms with Gasteiger partial charge in [0.15, 0.2) is 0 Å². The van der Waals surface area contributed by atoms with Gasteiger partial charge in [-0.2, -0.15) is 0 Å². The Morgan fingerprint density at radius 3 is 2.57 bits per heavy atom. The maximum absolute atomic E-state index is 7.04. The van der Waals surface area contributed by atoms with Gasteiger partial charge in [0.2, 0.25) is 0 Å². The lowest BCUT2D eigenvalue weighted by atomic mass is 10.3. The van der Waals surface area contributed by atoms with Gasteiger partial charge in [-0.15, -0.1) is 0 Å². The lowest BCUT2D eigenvalue weighted by Crippen LogP contribution is -2.26. The summed E-state index contributed by atoms with van der Waals surface area (Å²) in [5.74, 6) is 1.16. The van der Waals surface area contributed by atoms with Crippen molar-refractivity contribution < 1.29 is 0 Å². The van der Waals surface area contributed by atoms with Crippen molar-refractivity contribution in [2.24, 2.45) is 4.99 Å². The minimum Gasteiger partial charge on any atom is -0.360 e. The van der Waals surface area contributed by atoms with E-state index in [0.29, 0.717) is 0 Å². The summed E-state index contributed by atoms with van der Waals surface area (Å²) in [6.07, 6.45) is 6.66. The van der Waals surface area contributed by atoms with Gasteiger partial charge >= 0.3 is 0 Å². The zero-order chi connectivity index (χ0) is 10.4. The minimum absolute atomic E-state index is 0.898. The molecule has 1 saturated heterocycles. The molecule has 0 aromatic rings. The zero-order valence-electron chi connectivity index (χ0n) is 9.08. The second-order valence-corrected chi connectivity index (χ2v) is 3.61. The number of allylic oxidation sites excluding steroid dienone is 1. The molecule has 0 amide bonds. The number of hydrogen-bond donors (Lipinski definition) is 1. The lowest BCUT2D eigenvalue weighted by molar-refractivity contribution is 0.509. The predicted molar refractivity (Wildman–Crippen MR) is 61.1 cm³/mol. The summed E-state index contributed by atoms with van der Waals surface area (Å²) >= 11 is 0. The molecule has 0 aliphatic carbocycles. The van der Waals surface area contributed by atoms with Crippen LogP contribution < -0.4 is 0 Å². The van der Waals surface area contributed by atoms with Crippen LogP contribution in [0.5, 0.6) is 0 Å². The Morgan fingerprint density at radius 2 is 2.07 bits per heavy atom. The number of hydrogen-bond acceptors (Lipinski definition) is 2. The van der Waals surface area contributed by atoms with E-state index in [4.69, 9.17) is 5.41 Å². The molecule has 0 saturated carbocycles. The van der Waals surface area contributed by atoms with Crippen LogP contribution >= 0.6 is 0 Å². The first kappa shape index (κ1) is 11.0. The summed E-state index contributed by atoms with van der Waals surface area (Å²) in [5, 5.41) is 7.04. The minimum atomic E-state index is 0.898. The van der Waals surface area contributed by atoms with Crippen LogP contribution in [0, 0.1) is 5.41 Å². The number of likely N-dealkylation sites (tertiary alicyclic amines) is 1. The van der Waals surface area contributed by atoms with E-state index < -0.39 is 0 Å². The van der Waals surface area contributed by atoms with Gasteiger partial charge in [0.25, 0.3) is 0 Å². The molecule has 1 aliphatic rings. The zero-order valence-corrected chi connectivity index (χ0v) is 9.08. The third-order valence-corrected chi connectivity index (χ3v) is 2.43. The van der Waals surface area contributed by atoms with Crippen LogP contribution in [0.2, 0.25) is 0 Å². The Labute approximate surface area is 86.0 Å². The van der Waals surface area contributed by atoms with Crippen molar-refractivity contribution in [3.63, 3.8) is 0 Å². The van der Waals surface area contributed by atoms with Crippen molar-refractivity contribution in [1.82, 2.24) is 4.90 Å². The van der Waals surface area contributed by atoms with Crippen LogP contribution in [-0.4, -0.2) is 30.0 Å². The second-order valence-electron chi connectivity index (χ2n) is 3.61.